The first-order chi connectivity index (χ1) is 20.4. The molecule has 3 aromatic rings. The number of sulfonamides is 1. The number of hydrogen-bond acceptors (Lipinski definition) is 5. The van der Waals surface area contributed by atoms with Gasteiger partial charge in [0.15, 0.2) is 0 Å². The number of methoxy groups -OCH3 is 1. The first kappa shape index (κ1) is 34.2. The van der Waals surface area contributed by atoms with Gasteiger partial charge >= 0.3 is 0 Å². The van der Waals surface area contributed by atoms with E-state index in [0.717, 1.165) is 18.2 Å². The Labute approximate surface area is 265 Å². The minimum absolute atomic E-state index is 0.00837. The van der Waals surface area contributed by atoms with Gasteiger partial charge in [0.2, 0.25) is 21.8 Å². The van der Waals surface area contributed by atoms with Crippen molar-refractivity contribution < 1.29 is 22.7 Å². The molecule has 0 aliphatic heterocycles. The van der Waals surface area contributed by atoms with E-state index in [0.29, 0.717) is 27.0 Å². The number of halogens is 2. The highest BCUT2D eigenvalue weighted by atomic mass is 35.5. The molecule has 0 fully saturated rings. The maximum Gasteiger partial charge on any atom is 0.243 e. The number of nitrogens with one attached hydrogen (secondary N) is 1. The van der Waals surface area contributed by atoms with Crippen LogP contribution in [0.2, 0.25) is 10.0 Å². The van der Waals surface area contributed by atoms with Crippen molar-refractivity contribution in [2.24, 2.45) is 0 Å². The zero-order valence-electron chi connectivity index (χ0n) is 24.9. The molecule has 11 heteroatoms. The second-order valence-corrected chi connectivity index (χ2v) is 13.1. The van der Waals surface area contributed by atoms with Crippen molar-refractivity contribution in [3.8, 4) is 5.75 Å². The van der Waals surface area contributed by atoms with Crippen molar-refractivity contribution in [2.45, 2.75) is 58.2 Å². The molecule has 0 aromatic heterocycles. The van der Waals surface area contributed by atoms with Crippen molar-refractivity contribution >= 4 is 50.7 Å². The van der Waals surface area contributed by atoms with Crippen LogP contribution in [-0.4, -0.2) is 57.1 Å². The van der Waals surface area contributed by atoms with Crippen LogP contribution in [-0.2, 0) is 32.6 Å². The van der Waals surface area contributed by atoms with Crippen LogP contribution in [0, 0.1) is 0 Å². The number of nitrogens with zero attached hydrogens (tertiary/aromatic N) is 2. The van der Waals surface area contributed by atoms with Gasteiger partial charge in [-0.1, -0.05) is 72.6 Å². The summed E-state index contributed by atoms with van der Waals surface area (Å²) in [6, 6.07) is 20.3. The van der Waals surface area contributed by atoms with Crippen LogP contribution >= 0.6 is 23.2 Å². The summed E-state index contributed by atoms with van der Waals surface area (Å²) in [5, 5.41) is 3.79. The van der Waals surface area contributed by atoms with E-state index in [1.807, 2.05) is 44.2 Å². The molecule has 43 heavy (non-hydrogen) atoms. The Hall–Kier alpha value is -3.27. The smallest absolute Gasteiger partial charge is 0.243 e. The van der Waals surface area contributed by atoms with Crippen LogP contribution in [0.15, 0.2) is 72.8 Å². The molecule has 0 heterocycles. The fraction of sp³-hybridized carbons (Fsp3) is 0.375. The average Bonchev–Trinajstić information content (AvgIpc) is 2.98. The second kappa shape index (κ2) is 16.0. The maximum atomic E-state index is 14.0. The van der Waals surface area contributed by atoms with E-state index < -0.39 is 16.1 Å². The van der Waals surface area contributed by atoms with Gasteiger partial charge in [-0.25, -0.2) is 8.42 Å². The standard InChI is InChI=1S/C32H39Cl2N3O5S/c1-5-23(2)35-32(39)30(20-24-12-7-6-8-13-24)36(22-27-28(33)16-10-17-29(27)34)31(38)18-11-19-37(43(4,40)41)25-14-9-15-26(21-25)42-3/h6-10,12-17,21,23,30H,5,11,18-20,22H2,1-4H3,(H,35,39). The van der Waals surface area contributed by atoms with E-state index in [-0.39, 0.29) is 50.2 Å². The molecule has 1 N–H and O–H groups in total. The van der Waals surface area contributed by atoms with E-state index >= 15 is 0 Å². The normalized spacial score (nSPS) is 12.7. The van der Waals surface area contributed by atoms with Crippen LogP contribution < -0.4 is 14.4 Å². The monoisotopic (exact) mass is 647 g/mol. The Morgan fingerprint density at radius 2 is 1.63 bits per heavy atom. The lowest BCUT2D eigenvalue weighted by molar-refractivity contribution is -0.141. The van der Waals surface area contributed by atoms with Crippen LogP contribution in [0.1, 0.15) is 44.2 Å². The topological polar surface area (TPSA) is 96.0 Å². The summed E-state index contributed by atoms with van der Waals surface area (Å²) in [6.07, 6.45) is 2.31. The minimum atomic E-state index is -3.65. The van der Waals surface area contributed by atoms with Gasteiger partial charge in [-0.05, 0) is 49.6 Å². The second-order valence-electron chi connectivity index (χ2n) is 10.4. The first-order valence-electron chi connectivity index (χ1n) is 14.1. The highest BCUT2D eigenvalue weighted by molar-refractivity contribution is 7.92. The maximum absolute atomic E-state index is 14.0. The molecule has 0 radical (unpaired) electrons. The number of hydrogen-bond donors (Lipinski definition) is 1. The highest BCUT2D eigenvalue weighted by Crippen LogP contribution is 2.28. The molecule has 0 spiro atoms. The van der Waals surface area contributed by atoms with Crippen molar-refractivity contribution in [1.29, 1.82) is 0 Å². The molecule has 3 aromatic carbocycles. The van der Waals surface area contributed by atoms with E-state index in [2.05, 4.69) is 5.32 Å². The molecule has 3 rings (SSSR count). The third-order valence-corrected chi connectivity index (χ3v) is 9.06. The molecule has 2 amide bonds. The predicted molar refractivity (Wildman–Crippen MR) is 173 cm³/mol. The van der Waals surface area contributed by atoms with Gasteiger partial charge < -0.3 is 15.0 Å². The number of carbonyl (C=O) groups is 2. The molecule has 232 valence electrons. The third kappa shape index (κ3) is 9.88. The highest BCUT2D eigenvalue weighted by Gasteiger charge is 2.32. The van der Waals surface area contributed by atoms with E-state index in [1.54, 1.807) is 42.5 Å². The van der Waals surface area contributed by atoms with Gasteiger partial charge in [0.25, 0.3) is 0 Å². The molecule has 2 atom stereocenters. The zero-order valence-corrected chi connectivity index (χ0v) is 27.3. The van der Waals surface area contributed by atoms with Crippen LogP contribution in [0.25, 0.3) is 0 Å². The quantitative estimate of drug-likeness (QED) is 0.215. The number of carbonyl (C=O) groups excluding carboxylic acids is 2. The lowest BCUT2D eigenvalue weighted by Gasteiger charge is -2.33. The average molecular weight is 649 g/mol. The first-order valence-corrected chi connectivity index (χ1v) is 16.7. The zero-order chi connectivity index (χ0) is 31.6. The summed E-state index contributed by atoms with van der Waals surface area (Å²) >= 11 is 13.0. The summed E-state index contributed by atoms with van der Waals surface area (Å²) in [4.78, 5) is 29.2. The number of anilines is 1. The van der Waals surface area contributed by atoms with Crippen molar-refractivity contribution in [1.82, 2.24) is 10.2 Å². The number of amides is 2. The molecule has 8 nitrogen and oxygen atoms in total. The largest absolute Gasteiger partial charge is 0.497 e. The van der Waals surface area contributed by atoms with Crippen LogP contribution in [0.3, 0.4) is 0 Å². The lowest BCUT2D eigenvalue weighted by Crippen LogP contribution is -2.52. The number of rotatable bonds is 15. The molecule has 0 aliphatic carbocycles. The van der Waals surface area contributed by atoms with Gasteiger partial charge in [-0.15, -0.1) is 0 Å². The Kier molecular flexibility index (Phi) is 12.7. The van der Waals surface area contributed by atoms with E-state index in [9.17, 15) is 18.0 Å². The van der Waals surface area contributed by atoms with Gasteiger partial charge in [-0.2, -0.15) is 0 Å². The molecule has 0 saturated heterocycles. The third-order valence-electron chi connectivity index (χ3n) is 7.16. The molecular weight excluding hydrogens is 609 g/mol. The summed E-state index contributed by atoms with van der Waals surface area (Å²) < 4.78 is 31.9. The van der Waals surface area contributed by atoms with Crippen molar-refractivity contribution in [3.63, 3.8) is 0 Å². The van der Waals surface area contributed by atoms with Crippen LogP contribution in [0.4, 0.5) is 5.69 Å². The molecular formula is C32H39Cl2N3O5S. The summed E-state index contributed by atoms with van der Waals surface area (Å²) in [5.74, 6) is -0.0970. The summed E-state index contributed by atoms with van der Waals surface area (Å²) in [7, 11) is -2.15. The van der Waals surface area contributed by atoms with Crippen molar-refractivity contribution in [2.75, 3.05) is 24.2 Å². The molecule has 0 bridgehead atoms. The number of ether oxygens (including phenoxy) is 1. The van der Waals surface area contributed by atoms with Gasteiger partial charge in [0.1, 0.15) is 11.8 Å². The predicted octanol–water partition coefficient (Wildman–Crippen LogP) is 6.10. The van der Waals surface area contributed by atoms with Crippen molar-refractivity contribution in [3.05, 3.63) is 94.0 Å². The minimum Gasteiger partial charge on any atom is -0.497 e. The lowest BCUT2D eigenvalue weighted by atomic mass is 10.0. The van der Waals surface area contributed by atoms with E-state index in [1.165, 1.54) is 16.3 Å². The Morgan fingerprint density at radius 3 is 2.23 bits per heavy atom. The Morgan fingerprint density at radius 1 is 0.977 bits per heavy atom. The number of benzene rings is 3. The fourth-order valence-electron chi connectivity index (χ4n) is 4.62. The van der Waals surface area contributed by atoms with Crippen LogP contribution in [0.5, 0.6) is 5.75 Å². The SMILES string of the molecule is CCC(C)NC(=O)C(Cc1ccccc1)N(Cc1c(Cl)cccc1Cl)C(=O)CCCN(c1cccc(OC)c1)S(C)(=O)=O. The molecule has 0 aliphatic rings. The summed E-state index contributed by atoms with van der Waals surface area (Å²) in [5.41, 5.74) is 1.85. The summed E-state index contributed by atoms with van der Waals surface area (Å²) in [6.45, 7) is 3.95. The molecule has 2 unspecified atom stereocenters. The van der Waals surface area contributed by atoms with E-state index in [4.69, 9.17) is 27.9 Å². The van der Waals surface area contributed by atoms with Gasteiger partial charge in [0.05, 0.1) is 19.1 Å². The molecule has 0 saturated carbocycles. The van der Waals surface area contributed by atoms with Gasteiger partial charge in [0, 0.05) is 53.6 Å². The Bertz CT molecular complexity index is 1470. The fourth-order valence-corrected chi connectivity index (χ4v) is 6.09. The van der Waals surface area contributed by atoms with Gasteiger partial charge in [-0.3, -0.25) is 13.9 Å². The Balaban J connectivity index is 1.94.